The molecular formula is C39H71O10P. The largest absolute Gasteiger partial charge is 0.469 e. The van der Waals surface area contributed by atoms with E-state index in [9.17, 15) is 24.4 Å². The number of allylic oxidation sites excluding steroid dienone is 5. The van der Waals surface area contributed by atoms with Crippen molar-refractivity contribution in [3.05, 3.63) is 36.5 Å². The van der Waals surface area contributed by atoms with E-state index >= 15 is 0 Å². The van der Waals surface area contributed by atoms with E-state index in [1.807, 2.05) is 6.08 Å². The van der Waals surface area contributed by atoms with Gasteiger partial charge in [0, 0.05) is 12.8 Å². The fourth-order valence-electron chi connectivity index (χ4n) is 5.27. The van der Waals surface area contributed by atoms with Gasteiger partial charge in [0.15, 0.2) is 6.10 Å². The summed E-state index contributed by atoms with van der Waals surface area (Å²) in [5, 5.41) is 20.3. The van der Waals surface area contributed by atoms with Gasteiger partial charge in [-0.15, -0.1) is 0 Å². The van der Waals surface area contributed by atoms with Gasteiger partial charge < -0.3 is 29.5 Å². The molecule has 3 atom stereocenters. The lowest BCUT2D eigenvalue weighted by atomic mass is 10.0. The number of rotatable bonds is 35. The maximum Gasteiger partial charge on any atom is 0.469 e. The molecule has 4 N–H and O–H groups in total. The fourth-order valence-corrected chi connectivity index (χ4v) is 5.63. The van der Waals surface area contributed by atoms with E-state index in [4.69, 9.17) is 19.3 Å². The number of unbranched alkanes of at least 4 members (excludes halogenated alkanes) is 16. The van der Waals surface area contributed by atoms with Crippen molar-refractivity contribution in [1.29, 1.82) is 0 Å². The normalized spacial score (nSPS) is 14.1. The van der Waals surface area contributed by atoms with E-state index in [2.05, 4.69) is 48.8 Å². The van der Waals surface area contributed by atoms with E-state index in [1.165, 1.54) is 38.5 Å². The van der Waals surface area contributed by atoms with Crippen molar-refractivity contribution in [3.8, 4) is 0 Å². The Balaban J connectivity index is 4.12. The molecule has 0 aliphatic heterocycles. The average molecular weight is 731 g/mol. The summed E-state index contributed by atoms with van der Waals surface area (Å²) in [6.07, 6.45) is 31.7. The van der Waals surface area contributed by atoms with E-state index in [0.29, 0.717) is 25.7 Å². The summed E-state index contributed by atoms with van der Waals surface area (Å²) >= 11 is 0. The predicted molar refractivity (Wildman–Crippen MR) is 200 cm³/mol. The zero-order valence-corrected chi connectivity index (χ0v) is 32.2. The van der Waals surface area contributed by atoms with Crippen LogP contribution in [0, 0.1) is 0 Å². The number of phosphoric acid groups is 1. The summed E-state index contributed by atoms with van der Waals surface area (Å²) in [6.45, 7) is 3.45. The third-order valence-corrected chi connectivity index (χ3v) is 8.85. The van der Waals surface area contributed by atoms with Gasteiger partial charge >= 0.3 is 19.8 Å². The van der Waals surface area contributed by atoms with Gasteiger partial charge in [-0.3, -0.25) is 14.1 Å². The van der Waals surface area contributed by atoms with Crippen LogP contribution in [-0.4, -0.2) is 63.5 Å². The summed E-state index contributed by atoms with van der Waals surface area (Å²) in [5.74, 6) is -1.02. The molecule has 0 aliphatic rings. The third-order valence-electron chi connectivity index (χ3n) is 8.36. The first-order chi connectivity index (χ1) is 24.1. The van der Waals surface area contributed by atoms with Gasteiger partial charge in [-0.1, -0.05) is 127 Å². The quantitative estimate of drug-likeness (QED) is 0.0163. The van der Waals surface area contributed by atoms with Crippen molar-refractivity contribution < 1.29 is 48.2 Å². The molecule has 0 fully saturated rings. The second-order valence-electron chi connectivity index (χ2n) is 13.2. The van der Waals surface area contributed by atoms with Gasteiger partial charge in [-0.2, -0.15) is 0 Å². The topological polar surface area (TPSA) is 160 Å². The molecular weight excluding hydrogens is 659 g/mol. The van der Waals surface area contributed by atoms with Crippen molar-refractivity contribution in [2.24, 2.45) is 0 Å². The Bertz CT molecular complexity index is 945. The third kappa shape index (κ3) is 34.6. The van der Waals surface area contributed by atoms with E-state index < -0.39 is 44.7 Å². The highest BCUT2D eigenvalue weighted by atomic mass is 31.2. The number of aliphatic hydroxyl groups excluding tert-OH is 2. The standard InChI is InChI=1S/C39H71O10P/c1-3-5-7-9-11-12-13-14-15-16-17-18-19-23-27-31-38(42)47-33-35(34-48-50(44,45)46)49-39(43)32-28-24-20-22-26-30-37(41)36(40)29-25-21-10-8-6-4-2/h12-15,21,25,35-37,40-41H,3-11,16-20,22-24,26-34H2,1-2H3,(H2,44,45,46)/b13-12-,15-14-,25-21-/t35-,36+,37+/m1/s1. The van der Waals surface area contributed by atoms with Crippen LogP contribution >= 0.6 is 7.82 Å². The first-order valence-corrected chi connectivity index (χ1v) is 21.0. The molecule has 0 aromatic carbocycles. The molecule has 0 aromatic heterocycles. The van der Waals surface area contributed by atoms with Crippen LogP contribution in [-0.2, 0) is 28.2 Å². The lowest BCUT2D eigenvalue weighted by molar-refractivity contribution is -0.161. The second kappa shape index (κ2) is 34.3. The Morgan fingerprint density at radius 3 is 1.72 bits per heavy atom. The summed E-state index contributed by atoms with van der Waals surface area (Å²) < 4.78 is 26.2. The van der Waals surface area contributed by atoms with Crippen LogP contribution in [0.4, 0.5) is 0 Å². The van der Waals surface area contributed by atoms with Crippen molar-refractivity contribution in [2.45, 2.75) is 186 Å². The van der Waals surface area contributed by atoms with E-state index in [0.717, 1.165) is 77.0 Å². The first kappa shape index (κ1) is 48.2. The van der Waals surface area contributed by atoms with Crippen LogP contribution in [0.25, 0.3) is 0 Å². The number of carbonyl (C=O) groups excluding carboxylic acids is 2. The summed E-state index contributed by atoms with van der Waals surface area (Å²) in [7, 11) is -4.79. The van der Waals surface area contributed by atoms with Crippen LogP contribution in [0.1, 0.15) is 168 Å². The lowest BCUT2D eigenvalue weighted by Crippen LogP contribution is -2.29. The number of carbonyl (C=O) groups is 2. The van der Waals surface area contributed by atoms with Crippen LogP contribution in [0.15, 0.2) is 36.5 Å². The number of phosphoric ester groups is 1. The van der Waals surface area contributed by atoms with Gasteiger partial charge in [0.1, 0.15) is 6.61 Å². The molecule has 0 aliphatic carbocycles. The number of hydrogen-bond donors (Lipinski definition) is 4. The molecule has 0 spiro atoms. The highest BCUT2D eigenvalue weighted by Crippen LogP contribution is 2.36. The Morgan fingerprint density at radius 1 is 0.600 bits per heavy atom. The first-order valence-electron chi connectivity index (χ1n) is 19.5. The van der Waals surface area contributed by atoms with Crippen LogP contribution in [0.5, 0.6) is 0 Å². The van der Waals surface area contributed by atoms with Gasteiger partial charge in [0.25, 0.3) is 0 Å². The molecule has 50 heavy (non-hydrogen) atoms. The smallest absolute Gasteiger partial charge is 0.462 e. The molecule has 0 saturated carbocycles. The van der Waals surface area contributed by atoms with Crippen LogP contribution < -0.4 is 0 Å². The molecule has 0 radical (unpaired) electrons. The minimum absolute atomic E-state index is 0.109. The Morgan fingerprint density at radius 2 is 1.10 bits per heavy atom. The minimum Gasteiger partial charge on any atom is -0.462 e. The van der Waals surface area contributed by atoms with Gasteiger partial charge in [-0.25, -0.2) is 4.57 Å². The molecule has 0 rings (SSSR count). The summed E-state index contributed by atoms with van der Waals surface area (Å²) in [6, 6.07) is 0. The summed E-state index contributed by atoms with van der Waals surface area (Å²) in [5.41, 5.74) is 0. The summed E-state index contributed by atoms with van der Waals surface area (Å²) in [4.78, 5) is 42.7. The highest BCUT2D eigenvalue weighted by molar-refractivity contribution is 7.46. The van der Waals surface area contributed by atoms with Crippen LogP contribution in [0.3, 0.4) is 0 Å². The molecule has 0 amide bonds. The van der Waals surface area contributed by atoms with Crippen molar-refractivity contribution in [1.82, 2.24) is 0 Å². The molecule has 0 heterocycles. The molecule has 11 heteroatoms. The predicted octanol–water partition coefficient (Wildman–Crippen LogP) is 9.34. The molecule has 0 unspecified atom stereocenters. The minimum atomic E-state index is -4.79. The Labute approximate surface area is 303 Å². The van der Waals surface area contributed by atoms with Crippen molar-refractivity contribution in [3.63, 3.8) is 0 Å². The zero-order valence-electron chi connectivity index (χ0n) is 31.3. The molecule has 292 valence electrons. The van der Waals surface area contributed by atoms with Gasteiger partial charge in [0.2, 0.25) is 0 Å². The molecule has 10 nitrogen and oxygen atoms in total. The Kier molecular flexibility index (Phi) is 33.0. The maximum absolute atomic E-state index is 12.4. The number of ether oxygens (including phenoxy) is 2. The van der Waals surface area contributed by atoms with E-state index in [1.54, 1.807) is 0 Å². The maximum atomic E-state index is 12.4. The number of hydrogen-bond acceptors (Lipinski definition) is 8. The monoisotopic (exact) mass is 730 g/mol. The number of aliphatic hydroxyl groups is 2. The lowest BCUT2D eigenvalue weighted by Gasteiger charge is -2.18. The fraction of sp³-hybridized carbons (Fsp3) is 0.795. The van der Waals surface area contributed by atoms with Gasteiger partial charge in [0.05, 0.1) is 18.8 Å². The van der Waals surface area contributed by atoms with E-state index in [-0.39, 0.29) is 19.4 Å². The zero-order chi connectivity index (χ0) is 37.1. The molecule has 0 saturated heterocycles. The second-order valence-corrected chi connectivity index (χ2v) is 14.5. The molecule has 0 aromatic rings. The number of esters is 2. The van der Waals surface area contributed by atoms with Crippen molar-refractivity contribution in [2.75, 3.05) is 13.2 Å². The van der Waals surface area contributed by atoms with Crippen molar-refractivity contribution >= 4 is 19.8 Å². The molecule has 0 bridgehead atoms. The SMILES string of the molecule is CCCCC/C=C\C[C@H](O)[C@@H](O)CCCCCCCC(=O)O[C@H](COC(=O)CCCCCCC/C=C\C=C/CCCCCC)COP(=O)(O)O. The van der Waals surface area contributed by atoms with Gasteiger partial charge in [-0.05, 0) is 64.2 Å². The average Bonchev–Trinajstić information content (AvgIpc) is 3.08. The van der Waals surface area contributed by atoms with Crippen LogP contribution in [0.2, 0.25) is 0 Å². The Hall–Kier alpha value is -1.81. The highest BCUT2D eigenvalue weighted by Gasteiger charge is 2.23.